The van der Waals surface area contributed by atoms with Gasteiger partial charge in [0.2, 0.25) is 0 Å². The van der Waals surface area contributed by atoms with Crippen LogP contribution in [0.5, 0.6) is 0 Å². The zero-order valence-corrected chi connectivity index (χ0v) is 26.0. The highest BCUT2D eigenvalue weighted by Crippen LogP contribution is 2.69. The molecule has 5 heteroatoms. The number of aliphatic hydroxyl groups is 3. The third-order valence-electron chi connectivity index (χ3n) is 12.8. The molecule has 0 bridgehead atoms. The van der Waals surface area contributed by atoms with Gasteiger partial charge in [0, 0.05) is 18.3 Å². The van der Waals surface area contributed by atoms with Crippen molar-refractivity contribution in [1.29, 1.82) is 0 Å². The second-order valence-corrected chi connectivity index (χ2v) is 15.7. The first-order valence-corrected chi connectivity index (χ1v) is 16.5. The molecular weight excluding hydrogens is 500 g/mol. The van der Waals surface area contributed by atoms with Crippen molar-refractivity contribution in [3.8, 4) is 0 Å². The van der Waals surface area contributed by atoms with Crippen LogP contribution in [0.25, 0.3) is 0 Å². The Morgan fingerprint density at radius 2 is 1.80 bits per heavy atom. The molecule has 0 aromatic carbocycles. The first-order chi connectivity index (χ1) is 18.8. The Morgan fingerprint density at radius 3 is 2.50 bits per heavy atom. The number of rotatable bonds is 9. The third-order valence-corrected chi connectivity index (χ3v) is 12.8. The van der Waals surface area contributed by atoms with E-state index in [4.69, 9.17) is 9.47 Å². The summed E-state index contributed by atoms with van der Waals surface area (Å²) in [6.07, 6.45) is 17.5. The monoisotopic (exact) mass is 558 g/mol. The van der Waals surface area contributed by atoms with Gasteiger partial charge in [0.25, 0.3) is 0 Å². The smallest absolute Gasteiger partial charge is 0.160 e. The van der Waals surface area contributed by atoms with E-state index in [9.17, 15) is 15.3 Å². The quantitative estimate of drug-likeness (QED) is 0.211. The van der Waals surface area contributed by atoms with E-state index in [2.05, 4.69) is 39.5 Å². The fraction of sp³-hybridized carbons (Fsp3) is 0.886. The predicted molar refractivity (Wildman–Crippen MR) is 160 cm³/mol. The van der Waals surface area contributed by atoms with Gasteiger partial charge in [-0.1, -0.05) is 44.4 Å². The van der Waals surface area contributed by atoms with Crippen LogP contribution in [0.15, 0.2) is 24.3 Å². The number of ether oxygens (including phenoxy) is 2. The Morgan fingerprint density at radius 1 is 1.05 bits per heavy atom. The van der Waals surface area contributed by atoms with Gasteiger partial charge in [-0.3, -0.25) is 0 Å². The molecule has 0 aromatic rings. The lowest BCUT2D eigenvalue weighted by Crippen LogP contribution is -2.56. The Bertz CT molecular complexity index is 939. The zero-order valence-electron chi connectivity index (χ0n) is 26.0. The largest absolute Gasteiger partial charge is 0.394 e. The molecule has 0 spiro atoms. The SMILES string of the molecule is C=C[C@@]1(C)C2=CCC3C4CCC(CCCCC(C)(C)O)[C@@]4(C)CC[C@@]3(C)C2CC[C@@H]1O[C@H]1C[C@@H](O)C[C@@H](CO)O1. The lowest BCUT2D eigenvalue weighted by atomic mass is 9.43. The maximum Gasteiger partial charge on any atom is 0.160 e. The van der Waals surface area contributed by atoms with Gasteiger partial charge in [-0.05, 0) is 113 Å². The number of unbranched alkanes of at least 4 members (excludes halogenated alkanes) is 1. The Labute approximate surface area is 243 Å². The summed E-state index contributed by atoms with van der Waals surface area (Å²) in [4.78, 5) is 0. The summed E-state index contributed by atoms with van der Waals surface area (Å²) >= 11 is 0. The fourth-order valence-corrected chi connectivity index (χ4v) is 10.3. The maximum absolute atomic E-state index is 10.3. The summed E-state index contributed by atoms with van der Waals surface area (Å²) in [5.74, 6) is 2.94. The highest BCUT2D eigenvalue weighted by atomic mass is 16.7. The molecule has 1 heterocycles. The maximum atomic E-state index is 10.3. The summed E-state index contributed by atoms with van der Waals surface area (Å²) < 4.78 is 12.6. The van der Waals surface area contributed by atoms with Crippen molar-refractivity contribution in [3.63, 3.8) is 0 Å². The van der Waals surface area contributed by atoms with Crippen LogP contribution in [0, 0.1) is 39.9 Å². The molecule has 1 aliphatic heterocycles. The molecule has 11 atom stereocenters. The molecule has 5 nitrogen and oxygen atoms in total. The van der Waals surface area contributed by atoms with E-state index in [1.165, 1.54) is 44.1 Å². The number of allylic oxidation sites excluding steroid dienone is 1. The fourth-order valence-electron chi connectivity index (χ4n) is 10.3. The Hall–Kier alpha value is -0.720. The van der Waals surface area contributed by atoms with Gasteiger partial charge in [-0.15, -0.1) is 6.58 Å². The minimum absolute atomic E-state index is 0.0316. The van der Waals surface area contributed by atoms with Crippen molar-refractivity contribution in [2.75, 3.05) is 6.61 Å². The van der Waals surface area contributed by atoms with Crippen LogP contribution in [0.2, 0.25) is 0 Å². The van der Waals surface area contributed by atoms with E-state index in [1.54, 1.807) is 0 Å². The molecule has 0 aromatic heterocycles. The molecule has 0 amide bonds. The van der Waals surface area contributed by atoms with E-state index in [0.717, 1.165) is 49.9 Å². The number of hydrogen-bond donors (Lipinski definition) is 3. The van der Waals surface area contributed by atoms with Crippen molar-refractivity contribution in [2.24, 2.45) is 39.9 Å². The van der Waals surface area contributed by atoms with Gasteiger partial charge < -0.3 is 24.8 Å². The average Bonchev–Trinajstić information content (AvgIpc) is 3.23. The zero-order chi connectivity index (χ0) is 28.9. The first-order valence-electron chi connectivity index (χ1n) is 16.5. The Balaban J connectivity index is 1.30. The van der Waals surface area contributed by atoms with Gasteiger partial charge in [-0.25, -0.2) is 0 Å². The molecule has 4 unspecified atom stereocenters. The second kappa shape index (κ2) is 11.4. The molecule has 5 rings (SSSR count). The van der Waals surface area contributed by atoms with Gasteiger partial charge in [0.1, 0.15) is 0 Å². The van der Waals surface area contributed by atoms with Crippen molar-refractivity contribution in [1.82, 2.24) is 0 Å². The molecule has 3 saturated carbocycles. The van der Waals surface area contributed by atoms with E-state index >= 15 is 0 Å². The molecule has 5 aliphatic rings. The van der Waals surface area contributed by atoms with Crippen LogP contribution in [-0.2, 0) is 9.47 Å². The van der Waals surface area contributed by atoms with Crippen LogP contribution in [0.1, 0.15) is 118 Å². The predicted octanol–water partition coefficient (Wildman–Crippen LogP) is 6.94. The van der Waals surface area contributed by atoms with Crippen LogP contribution in [0.4, 0.5) is 0 Å². The van der Waals surface area contributed by atoms with Crippen LogP contribution >= 0.6 is 0 Å². The number of fused-ring (bicyclic) bond motifs is 5. The van der Waals surface area contributed by atoms with Crippen molar-refractivity contribution < 1.29 is 24.8 Å². The third kappa shape index (κ3) is 5.52. The van der Waals surface area contributed by atoms with E-state index in [1.807, 2.05) is 13.8 Å². The highest BCUT2D eigenvalue weighted by molar-refractivity contribution is 5.33. The molecule has 1 saturated heterocycles. The van der Waals surface area contributed by atoms with Gasteiger partial charge in [0.15, 0.2) is 6.29 Å². The molecule has 4 aliphatic carbocycles. The summed E-state index contributed by atoms with van der Waals surface area (Å²) in [5.41, 5.74) is 1.50. The van der Waals surface area contributed by atoms with Gasteiger partial charge >= 0.3 is 0 Å². The van der Waals surface area contributed by atoms with Crippen LogP contribution < -0.4 is 0 Å². The standard InChI is InChI=1S/C35H58O5/c1-7-33(4)26-13-14-28-27-12-11-23(10-8-9-17-32(2,3)38)34(27,5)18-19-35(28,6)29(26)15-16-30(33)40-31-21-24(37)20-25(22-36)39-31/h7,13,23-25,27-31,36-38H,1,8-12,14-22H2,2-6H3/t23?,24-,25-,27?,28?,29?,30-,31-,33-,34+,35+/m0/s1. The minimum Gasteiger partial charge on any atom is -0.394 e. The lowest BCUT2D eigenvalue weighted by molar-refractivity contribution is -0.253. The normalized spacial score (nSPS) is 47.1. The number of hydrogen-bond acceptors (Lipinski definition) is 5. The van der Waals surface area contributed by atoms with Crippen molar-refractivity contribution >= 4 is 0 Å². The minimum atomic E-state index is -0.544. The van der Waals surface area contributed by atoms with E-state index < -0.39 is 18.0 Å². The first kappa shape index (κ1) is 30.7. The summed E-state index contributed by atoms with van der Waals surface area (Å²) in [6.45, 7) is 15.6. The summed E-state index contributed by atoms with van der Waals surface area (Å²) in [6, 6.07) is 0. The number of aliphatic hydroxyl groups excluding tert-OH is 2. The Kier molecular flexibility index (Phi) is 8.77. The van der Waals surface area contributed by atoms with Crippen molar-refractivity contribution in [2.45, 2.75) is 148 Å². The molecule has 228 valence electrons. The van der Waals surface area contributed by atoms with Crippen LogP contribution in [0.3, 0.4) is 0 Å². The van der Waals surface area contributed by atoms with Gasteiger partial charge in [-0.2, -0.15) is 0 Å². The molecule has 3 N–H and O–H groups in total. The van der Waals surface area contributed by atoms with Gasteiger partial charge in [0.05, 0.1) is 30.5 Å². The lowest BCUT2D eigenvalue weighted by Gasteiger charge is -2.62. The molecule has 0 radical (unpaired) electrons. The second-order valence-electron chi connectivity index (χ2n) is 15.7. The average molecular weight is 559 g/mol. The van der Waals surface area contributed by atoms with Crippen LogP contribution in [-0.4, -0.2) is 52.1 Å². The van der Waals surface area contributed by atoms with E-state index in [0.29, 0.717) is 29.6 Å². The summed E-state index contributed by atoms with van der Waals surface area (Å²) in [7, 11) is 0. The highest BCUT2D eigenvalue weighted by Gasteiger charge is 2.62. The summed E-state index contributed by atoms with van der Waals surface area (Å²) in [5, 5.41) is 30.1. The van der Waals surface area contributed by atoms with Crippen molar-refractivity contribution in [3.05, 3.63) is 24.3 Å². The molecule has 4 fully saturated rings. The molecular formula is C35H58O5. The van der Waals surface area contributed by atoms with E-state index in [-0.39, 0.29) is 24.2 Å². The molecule has 40 heavy (non-hydrogen) atoms. The topological polar surface area (TPSA) is 79.2 Å².